The average Bonchev–Trinajstić information content (AvgIpc) is 2.51. The molecule has 0 aliphatic rings. The zero-order valence-electron chi connectivity index (χ0n) is 9.84. The summed E-state index contributed by atoms with van der Waals surface area (Å²) in [6.45, 7) is 10.6. The van der Waals surface area contributed by atoms with Gasteiger partial charge in [-0.25, -0.2) is 4.98 Å². The Labute approximate surface area is 90.5 Å². The van der Waals surface area contributed by atoms with Crippen molar-refractivity contribution >= 4 is 11.8 Å². The van der Waals surface area contributed by atoms with Crippen molar-refractivity contribution in [3.63, 3.8) is 0 Å². The third-order valence-electron chi connectivity index (χ3n) is 2.27. The summed E-state index contributed by atoms with van der Waals surface area (Å²) >= 11 is 1.75. The van der Waals surface area contributed by atoms with E-state index in [0.717, 1.165) is 11.7 Å². The normalized spacial score (nSPS) is 13.3. The zero-order valence-corrected chi connectivity index (χ0v) is 10.7. The van der Waals surface area contributed by atoms with E-state index >= 15 is 0 Å². The van der Waals surface area contributed by atoms with Gasteiger partial charge in [-0.15, -0.1) is 11.8 Å². The summed E-state index contributed by atoms with van der Waals surface area (Å²) in [4.78, 5) is 4.34. The molecular formula is C11H19NOS. The minimum absolute atomic E-state index is 0.0382. The molecule has 0 aliphatic carbocycles. The first-order valence-corrected chi connectivity index (χ1v) is 6.02. The monoisotopic (exact) mass is 213 g/mol. The molecule has 0 spiro atoms. The van der Waals surface area contributed by atoms with Crippen molar-refractivity contribution in [2.24, 2.45) is 0 Å². The van der Waals surface area contributed by atoms with Crippen LogP contribution < -0.4 is 0 Å². The van der Waals surface area contributed by atoms with Crippen LogP contribution in [-0.4, -0.2) is 11.2 Å². The first kappa shape index (κ1) is 11.6. The molecule has 3 heteroatoms. The second-order valence-corrected chi connectivity index (χ2v) is 6.42. The van der Waals surface area contributed by atoms with E-state index in [9.17, 15) is 0 Å². The van der Waals surface area contributed by atoms with Gasteiger partial charge in [-0.3, -0.25) is 0 Å². The van der Waals surface area contributed by atoms with Gasteiger partial charge in [0.05, 0.1) is 10.9 Å². The first-order valence-electron chi connectivity index (χ1n) is 4.79. The molecule has 0 fully saturated rings. The van der Waals surface area contributed by atoms with Crippen molar-refractivity contribution in [1.82, 2.24) is 4.98 Å². The molecule has 0 atom stereocenters. The Morgan fingerprint density at radius 2 is 1.79 bits per heavy atom. The van der Waals surface area contributed by atoms with Crippen LogP contribution in [0, 0.1) is 0 Å². The van der Waals surface area contributed by atoms with Crippen LogP contribution in [0.5, 0.6) is 0 Å². The SMILES string of the molecule is CSC(C)(C)c1ncc(C(C)(C)C)o1. The van der Waals surface area contributed by atoms with Gasteiger partial charge in [-0.2, -0.15) is 0 Å². The largest absolute Gasteiger partial charge is 0.444 e. The molecule has 0 unspecified atom stereocenters. The summed E-state index contributed by atoms with van der Waals surface area (Å²) in [7, 11) is 0. The highest BCUT2D eigenvalue weighted by molar-refractivity contribution is 7.99. The standard InChI is InChI=1S/C11H19NOS/c1-10(2,3)8-7-12-9(13-8)11(4,5)14-6/h7H,1-6H3. The van der Waals surface area contributed by atoms with Gasteiger partial charge in [0.1, 0.15) is 5.76 Å². The summed E-state index contributed by atoms with van der Waals surface area (Å²) in [5.74, 6) is 1.77. The summed E-state index contributed by atoms with van der Waals surface area (Å²) < 4.78 is 5.73. The van der Waals surface area contributed by atoms with Crippen LogP contribution in [-0.2, 0) is 10.2 Å². The van der Waals surface area contributed by atoms with E-state index < -0.39 is 0 Å². The number of oxazole rings is 1. The number of thioether (sulfide) groups is 1. The molecule has 0 amide bonds. The van der Waals surface area contributed by atoms with Gasteiger partial charge in [0.15, 0.2) is 0 Å². The fourth-order valence-corrected chi connectivity index (χ4v) is 1.26. The fourth-order valence-electron chi connectivity index (χ4n) is 0.987. The molecule has 0 N–H and O–H groups in total. The molecule has 0 bridgehead atoms. The first-order chi connectivity index (χ1) is 6.27. The zero-order chi connectivity index (χ0) is 11.0. The van der Waals surface area contributed by atoms with Crippen LogP contribution in [0.15, 0.2) is 10.6 Å². The van der Waals surface area contributed by atoms with E-state index in [4.69, 9.17) is 4.42 Å². The predicted molar refractivity (Wildman–Crippen MR) is 61.7 cm³/mol. The van der Waals surface area contributed by atoms with E-state index in [1.807, 2.05) is 6.20 Å². The van der Waals surface area contributed by atoms with Gasteiger partial charge in [-0.05, 0) is 20.1 Å². The Morgan fingerprint density at radius 1 is 1.21 bits per heavy atom. The minimum Gasteiger partial charge on any atom is -0.444 e. The Hall–Kier alpha value is -0.440. The van der Waals surface area contributed by atoms with Crippen molar-refractivity contribution in [3.8, 4) is 0 Å². The Balaban J connectivity index is 3.00. The number of rotatable bonds is 2. The van der Waals surface area contributed by atoms with Gasteiger partial charge >= 0.3 is 0 Å². The molecule has 1 heterocycles. The number of hydrogen-bond donors (Lipinski definition) is 0. The molecule has 14 heavy (non-hydrogen) atoms. The van der Waals surface area contributed by atoms with Crippen molar-refractivity contribution in [1.29, 1.82) is 0 Å². The molecule has 0 aromatic carbocycles. The molecule has 1 aromatic heterocycles. The topological polar surface area (TPSA) is 26.0 Å². The number of aromatic nitrogens is 1. The van der Waals surface area contributed by atoms with Gasteiger partial charge in [0, 0.05) is 5.41 Å². The van der Waals surface area contributed by atoms with Crippen molar-refractivity contribution in [2.75, 3.05) is 6.26 Å². The Bertz CT molecular complexity index is 309. The highest BCUT2D eigenvalue weighted by Crippen LogP contribution is 2.34. The van der Waals surface area contributed by atoms with Crippen molar-refractivity contribution in [2.45, 2.75) is 44.8 Å². The lowest BCUT2D eigenvalue weighted by Crippen LogP contribution is -2.12. The summed E-state index contributed by atoms with van der Waals surface area (Å²) in [5, 5.41) is 0. The molecule has 1 aromatic rings. The molecule has 0 saturated heterocycles. The van der Waals surface area contributed by atoms with Crippen LogP contribution >= 0.6 is 11.8 Å². The molecule has 1 rings (SSSR count). The molecular weight excluding hydrogens is 194 g/mol. The highest BCUT2D eigenvalue weighted by Gasteiger charge is 2.27. The quantitative estimate of drug-likeness (QED) is 0.751. The summed E-state index contributed by atoms with van der Waals surface area (Å²) in [5.41, 5.74) is 0.0414. The molecule has 0 saturated carbocycles. The number of nitrogens with zero attached hydrogens (tertiary/aromatic N) is 1. The van der Waals surface area contributed by atoms with E-state index in [-0.39, 0.29) is 10.2 Å². The lowest BCUT2D eigenvalue weighted by atomic mass is 9.94. The Kier molecular flexibility index (Phi) is 3.00. The molecule has 0 aliphatic heterocycles. The smallest absolute Gasteiger partial charge is 0.210 e. The van der Waals surface area contributed by atoms with Crippen molar-refractivity contribution in [3.05, 3.63) is 17.8 Å². The van der Waals surface area contributed by atoms with Crippen LogP contribution in [0.2, 0.25) is 0 Å². The third kappa shape index (κ3) is 2.32. The average molecular weight is 213 g/mol. The van der Waals surface area contributed by atoms with Gasteiger partial charge in [0.2, 0.25) is 5.89 Å². The predicted octanol–water partition coefficient (Wildman–Crippen LogP) is 3.57. The van der Waals surface area contributed by atoms with Crippen LogP contribution in [0.4, 0.5) is 0 Å². The van der Waals surface area contributed by atoms with E-state index in [1.165, 1.54) is 0 Å². The second kappa shape index (κ2) is 3.61. The highest BCUT2D eigenvalue weighted by atomic mass is 32.2. The molecule has 80 valence electrons. The summed E-state index contributed by atoms with van der Waals surface area (Å²) in [6, 6.07) is 0. The maximum atomic E-state index is 5.77. The molecule has 2 nitrogen and oxygen atoms in total. The number of hydrogen-bond acceptors (Lipinski definition) is 3. The Morgan fingerprint density at radius 3 is 2.14 bits per heavy atom. The lowest BCUT2D eigenvalue weighted by Gasteiger charge is -2.18. The van der Waals surface area contributed by atoms with Crippen LogP contribution in [0.3, 0.4) is 0 Å². The van der Waals surface area contributed by atoms with Gasteiger partial charge in [0.25, 0.3) is 0 Å². The fraction of sp³-hybridized carbons (Fsp3) is 0.727. The summed E-state index contributed by atoms with van der Waals surface area (Å²) in [6.07, 6.45) is 3.91. The maximum absolute atomic E-state index is 5.77. The van der Waals surface area contributed by atoms with Gasteiger partial charge < -0.3 is 4.42 Å². The van der Waals surface area contributed by atoms with E-state index in [1.54, 1.807) is 11.8 Å². The van der Waals surface area contributed by atoms with E-state index in [2.05, 4.69) is 45.9 Å². The minimum atomic E-state index is -0.0382. The third-order valence-corrected chi connectivity index (χ3v) is 3.47. The maximum Gasteiger partial charge on any atom is 0.210 e. The van der Waals surface area contributed by atoms with Gasteiger partial charge in [-0.1, -0.05) is 20.8 Å². The molecule has 0 radical (unpaired) electrons. The van der Waals surface area contributed by atoms with Crippen molar-refractivity contribution < 1.29 is 4.42 Å². The van der Waals surface area contributed by atoms with Crippen LogP contribution in [0.25, 0.3) is 0 Å². The lowest BCUT2D eigenvalue weighted by molar-refractivity contribution is 0.364. The second-order valence-electron chi connectivity index (χ2n) is 4.99. The van der Waals surface area contributed by atoms with Crippen LogP contribution in [0.1, 0.15) is 46.3 Å². The van der Waals surface area contributed by atoms with E-state index in [0.29, 0.717) is 0 Å².